The normalized spacial score (nSPS) is 11.4. The fraction of sp³-hybridized carbons (Fsp3) is 0.500. The Kier molecular flexibility index (Phi) is 4.49. The summed E-state index contributed by atoms with van der Waals surface area (Å²) in [5.74, 6) is 5.86. The van der Waals surface area contributed by atoms with Gasteiger partial charge in [-0.3, -0.25) is 15.1 Å². The molecule has 4 N–H and O–H groups in total. The van der Waals surface area contributed by atoms with Crippen LogP contribution in [0.25, 0.3) is 0 Å². The topological polar surface area (TPSA) is 80.3 Å². The Balaban J connectivity index is 2.30. The Morgan fingerprint density at radius 2 is 2.50 bits per heavy atom. The molecule has 0 radical (unpaired) electrons. The van der Waals surface area contributed by atoms with Crippen LogP contribution in [0.3, 0.4) is 0 Å². The third-order valence-electron chi connectivity index (χ3n) is 1.64. The summed E-state index contributed by atoms with van der Waals surface area (Å²) < 4.78 is 1.82. The molecule has 1 aromatic rings. The fourth-order valence-corrected chi connectivity index (χ4v) is 1.02. The highest BCUT2D eigenvalue weighted by Gasteiger charge is 1.92. The molecule has 0 aromatic carbocycles. The Morgan fingerprint density at radius 3 is 3.07 bits per heavy atom. The van der Waals surface area contributed by atoms with E-state index in [0.717, 1.165) is 13.1 Å². The molecule has 78 valence electrons. The monoisotopic (exact) mass is 196 g/mol. The molecule has 0 fully saturated rings. The zero-order valence-electron chi connectivity index (χ0n) is 8.27. The first-order chi connectivity index (χ1) is 6.86. The van der Waals surface area contributed by atoms with E-state index in [2.05, 4.69) is 20.8 Å². The van der Waals surface area contributed by atoms with Gasteiger partial charge in [-0.05, 0) is 13.0 Å². The molecule has 0 amide bonds. The van der Waals surface area contributed by atoms with Crippen LogP contribution < -0.4 is 16.6 Å². The summed E-state index contributed by atoms with van der Waals surface area (Å²) in [6.45, 7) is 4.18. The molecule has 0 atom stereocenters. The summed E-state index contributed by atoms with van der Waals surface area (Å²) in [6, 6.07) is 1.89. The van der Waals surface area contributed by atoms with Crippen molar-refractivity contribution in [1.82, 2.24) is 20.5 Å². The maximum absolute atomic E-state index is 5.25. The molecule has 0 aliphatic carbocycles. The molecular formula is C8H16N6. The van der Waals surface area contributed by atoms with E-state index in [-0.39, 0.29) is 0 Å². The molecule has 1 rings (SSSR count). The van der Waals surface area contributed by atoms with Crippen LogP contribution in [0.4, 0.5) is 0 Å². The first-order valence-electron chi connectivity index (χ1n) is 4.59. The van der Waals surface area contributed by atoms with Gasteiger partial charge in [0.2, 0.25) is 5.96 Å². The number of aliphatic imine (C=N–C) groups is 1. The van der Waals surface area contributed by atoms with E-state index in [1.54, 1.807) is 6.20 Å². The van der Waals surface area contributed by atoms with Gasteiger partial charge in [-0.25, -0.2) is 5.84 Å². The summed E-state index contributed by atoms with van der Waals surface area (Å²) in [5, 5.41) is 7.06. The lowest BCUT2D eigenvalue weighted by Crippen LogP contribution is -2.41. The molecular weight excluding hydrogens is 180 g/mol. The molecule has 0 bridgehead atoms. The lowest BCUT2D eigenvalue weighted by molar-refractivity contribution is 0.622. The van der Waals surface area contributed by atoms with Crippen LogP contribution in [0.1, 0.15) is 6.92 Å². The van der Waals surface area contributed by atoms with Crippen molar-refractivity contribution in [3.05, 3.63) is 18.5 Å². The van der Waals surface area contributed by atoms with Gasteiger partial charge in [-0.1, -0.05) is 0 Å². The van der Waals surface area contributed by atoms with Crippen molar-refractivity contribution in [1.29, 1.82) is 0 Å². The number of hydrogen-bond acceptors (Lipinski definition) is 3. The smallest absolute Gasteiger partial charge is 0.205 e. The van der Waals surface area contributed by atoms with Crippen LogP contribution in [-0.4, -0.2) is 28.8 Å². The summed E-state index contributed by atoms with van der Waals surface area (Å²) in [5.41, 5.74) is 2.49. The summed E-state index contributed by atoms with van der Waals surface area (Å²) in [7, 11) is 0. The number of rotatable bonds is 4. The third kappa shape index (κ3) is 3.44. The van der Waals surface area contributed by atoms with Crippen LogP contribution in [0.5, 0.6) is 0 Å². The maximum Gasteiger partial charge on any atom is 0.205 e. The highest BCUT2D eigenvalue weighted by atomic mass is 15.3. The van der Waals surface area contributed by atoms with Crippen molar-refractivity contribution in [2.45, 2.75) is 13.5 Å². The second-order valence-corrected chi connectivity index (χ2v) is 2.67. The van der Waals surface area contributed by atoms with Crippen LogP contribution >= 0.6 is 0 Å². The van der Waals surface area contributed by atoms with E-state index in [0.29, 0.717) is 12.5 Å². The van der Waals surface area contributed by atoms with E-state index in [9.17, 15) is 0 Å². The van der Waals surface area contributed by atoms with Gasteiger partial charge in [-0.2, -0.15) is 5.10 Å². The predicted octanol–water partition coefficient (Wildman–Crippen LogP) is -0.688. The second-order valence-electron chi connectivity index (χ2n) is 2.67. The van der Waals surface area contributed by atoms with Gasteiger partial charge in [-0.15, -0.1) is 0 Å². The van der Waals surface area contributed by atoms with Gasteiger partial charge in [0, 0.05) is 18.9 Å². The SMILES string of the molecule is CCNC(=NCCn1cccn1)NN. The summed E-state index contributed by atoms with van der Waals surface area (Å²) in [6.07, 6.45) is 3.65. The van der Waals surface area contributed by atoms with Crippen molar-refractivity contribution < 1.29 is 0 Å². The molecule has 0 saturated heterocycles. The molecule has 0 spiro atoms. The molecule has 1 aromatic heterocycles. The van der Waals surface area contributed by atoms with Crippen molar-refractivity contribution in [2.75, 3.05) is 13.1 Å². The van der Waals surface area contributed by atoms with Crippen LogP contribution in [-0.2, 0) is 6.54 Å². The van der Waals surface area contributed by atoms with Gasteiger partial charge in [0.15, 0.2) is 0 Å². The van der Waals surface area contributed by atoms with E-state index in [4.69, 9.17) is 5.84 Å². The molecule has 6 nitrogen and oxygen atoms in total. The number of aromatic nitrogens is 2. The molecule has 0 aliphatic rings. The minimum absolute atomic E-state index is 0.611. The number of nitrogens with two attached hydrogens (primary N) is 1. The lowest BCUT2D eigenvalue weighted by atomic mass is 10.6. The van der Waals surface area contributed by atoms with Gasteiger partial charge in [0.1, 0.15) is 0 Å². The van der Waals surface area contributed by atoms with Gasteiger partial charge >= 0.3 is 0 Å². The minimum atomic E-state index is 0.611. The van der Waals surface area contributed by atoms with Gasteiger partial charge < -0.3 is 5.32 Å². The first-order valence-corrected chi connectivity index (χ1v) is 4.59. The molecule has 0 unspecified atom stereocenters. The molecule has 14 heavy (non-hydrogen) atoms. The Morgan fingerprint density at radius 1 is 1.64 bits per heavy atom. The second kappa shape index (κ2) is 5.98. The average molecular weight is 196 g/mol. The lowest BCUT2D eigenvalue weighted by Gasteiger charge is -2.06. The molecule has 0 aliphatic heterocycles. The van der Waals surface area contributed by atoms with Crippen LogP contribution in [0, 0.1) is 0 Å². The molecule has 1 heterocycles. The summed E-state index contributed by atoms with van der Waals surface area (Å²) >= 11 is 0. The van der Waals surface area contributed by atoms with Crippen molar-refractivity contribution in [2.24, 2.45) is 10.8 Å². The average Bonchev–Trinajstić information content (AvgIpc) is 2.69. The Bertz CT molecular complexity index is 265. The van der Waals surface area contributed by atoms with E-state index in [1.807, 2.05) is 23.9 Å². The quantitative estimate of drug-likeness (QED) is 0.258. The number of guanidine groups is 1. The standard InChI is InChI=1S/C8H16N6/c1-2-10-8(13-9)11-5-7-14-6-3-4-12-14/h3-4,6H,2,5,7,9H2,1H3,(H2,10,11,13). The van der Waals surface area contributed by atoms with Crippen molar-refractivity contribution >= 4 is 5.96 Å². The largest absolute Gasteiger partial charge is 0.356 e. The van der Waals surface area contributed by atoms with Crippen LogP contribution in [0.15, 0.2) is 23.5 Å². The number of nitrogens with one attached hydrogen (secondary N) is 2. The fourth-order valence-electron chi connectivity index (χ4n) is 1.02. The highest BCUT2D eigenvalue weighted by molar-refractivity contribution is 5.78. The zero-order chi connectivity index (χ0) is 10.2. The van der Waals surface area contributed by atoms with Gasteiger partial charge in [0.05, 0.1) is 13.1 Å². The number of hydrazine groups is 1. The maximum atomic E-state index is 5.25. The third-order valence-corrected chi connectivity index (χ3v) is 1.64. The Labute approximate surface area is 83.2 Å². The van der Waals surface area contributed by atoms with Gasteiger partial charge in [0.25, 0.3) is 0 Å². The van der Waals surface area contributed by atoms with E-state index < -0.39 is 0 Å². The minimum Gasteiger partial charge on any atom is -0.356 e. The highest BCUT2D eigenvalue weighted by Crippen LogP contribution is 1.84. The van der Waals surface area contributed by atoms with Crippen LogP contribution in [0.2, 0.25) is 0 Å². The summed E-state index contributed by atoms with van der Waals surface area (Å²) in [4.78, 5) is 4.22. The van der Waals surface area contributed by atoms with Crippen molar-refractivity contribution in [3.63, 3.8) is 0 Å². The number of hydrogen-bond donors (Lipinski definition) is 3. The van der Waals surface area contributed by atoms with E-state index in [1.165, 1.54) is 0 Å². The van der Waals surface area contributed by atoms with Crippen molar-refractivity contribution in [3.8, 4) is 0 Å². The zero-order valence-corrected chi connectivity index (χ0v) is 8.27. The first kappa shape index (κ1) is 10.5. The predicted molar refractivity (Wildman–Crippen MR) is 55.5 cm³/mol. The molecule has 0 saturated carbocycles. The molecule has 6 heteroatoms. The Hall–Kier alpha value is -1.56. The number of nitrogens with zero attached hydrogens (tertiary/aromatic N) is 3. The van der Waals surface area contributed by atoms with E-state index >= 15 is 0 Å².